The Bertz CT molecular complexity index is 104. The Morgan fingerprint density at radius 2 is 2.30 bits per heavy atom. The molecule has 0 heterocycles. The molecule has 0 amide bonds. The molecule has 4 N–H and O–H groups in total. The molecule has 0 radical (unpaired) electrons. The number of amidine groups is 1. The molecule has 0 fully saturated rings. The molecule has 0 aromatic carbocycles. The van der Waals surface area contributed by atoms with Gasteiger partial charge in [0, 0.05) is 6.42 Å². The van der Waals surface area contributed by atoms with Crippen LogP contribution in [-0.2, 0) is 0 Å². The number of nitrogens with one attached hydrogen (secondary N) is 1. The third-order valence-corrected chi connectivity index (χ3v) is 1.45. The molecule has 0 aromatic rings. The molecule has 1 atom stereocenters. The first kappa shape index (κ1) is 9.43. The molecular weight excluding hydrogens is 128 g/mol. The van der Waals surface area contributed by atoms with Gasteiger partial charge in [0.25, 0.3) is 0 Å². The van der Waals surface area contributed by atoms with Gasteiger partial charge in [0.1, 0.15) is 0 Å². The number of aliphatic hydroxyl groups excluding tert-OH is 1. The standard InChI is InChI=1S/C7H16N2O/c1-2-6(10)4-3-5-7(8)9/h6,10H,2-5H2,1H3,(H3,8,9). The van der Waals surface area contributed by atoms with Crippen LogP contribution in [0.5, 0.6) is 0 Å². The summed E-state index contributed by atoms with van der Waals surface area (Å²) in [6.45, 7) is 1.94. The Morgan fingerprint density at radius 1 is 1.70 bits per heavy atom. The highest BCUT2D eigenvalue weighted by molar-refractivity contribution is 5.76. The normalized spacial score (nSPS) is 13.0. The van der Waals surface area contributed by atoms with Crippen LogP contribution in [0, 0.1) is 5.41 Å². The zero-order chi connectivity index (χ0) is 7.98. The summed E-state index contributed by atoms with van der Waals surface area (Å²) < 4.78 is 0. The highest BCUT2D eigenvalue weighted by atomic mass is 16.3. The van der Waals surface area contributed by atoms with E-state index >= 15 is 0 Å². The third-order valence-electron chi connectivity index (χ3n) is 1.45. The van der Waals surface area contributed by atoms with E-state index in [1.165, 1.54) is 0 Å². The minimum Gasteiger partial charge on any atom is -0.393 e. The van der Waals surface area contributed by atoms with Gasteiger partial charge in [0.15, 0.2) is 0 Å². The maximum absolute atomic E-state index is 9.06. The lowest BCUT2D eigenvalue weighted by Gasteiger charge is -2.05. The molecule has 3 heteroatoms. The van der Waals surface area contributed by atoms with Gasteiger partial charge in [-0.2, -0.15) is 0 Å². The third kappa shape index (κ3) is 5.56. The fourth-order valence-corrected chi connectivity index (χ4v) is 0.732. The highest BCUT2D eigenvalue weighted by Crippen LogP contribution is 2.02. The minimum absolute atomic E-state index is 0.209. The smallest absolute Gasteiger partial charge is 0.0905 e. The maximum atomic E-state index is 9.06. The van der Waals surface area contributed by atoms with Crippen molar-refractivity contribution in [3.05, 3.63) is 0 Å². The fraction of sp³-hybridized carbons (Fsp3) is 0.857. The topological polar surface area (TPSA) is 70.1 Å². The molecule has 0 saturated carbocycles. The van der Waals surface area contributed by atoms with Crippen LogP contribution in [0.15, 0.2) is 0 Å². The summed E-state index contributed by atoms with van der Waals surface area (Å²) in [6, 6.07) is 0. The number of rotatable bonds is 5. The number of aliphatic hydroxyl groups is 1. The van der Waals surface area contributed by atoms with Crippen molar-refractivity contribution in [3.63, 3.8) is 0 Å². The highest BCUT2D eigenvalue weighted by Gasteiger charge is 1.99. The molecule has 0 aliphatic heterocycles. The van der Waals surface area contributed by atoms with Gasteiger partial charge in [0.05, 0.1) is 11.9 Å². The maximum Gasteiger partial charge on any atom is 0.0905 e. The van der Waals surface area contributed by atoms with E-state index in [-0.39, 0.29) is 11.9 Å². The lowest BCUT2D eigenvalue weighted by Crippen LogP contribution is -2.11. The van der Waals surface area contributed by atoms with Crippen LogP contribution in [0.1, 0.15) is 32.6 Å². The summed E-state index contributed by atoms with van der Waals surface area (Å²) in [4.78, 5) is 0. The summed E-state index contributed by atoms with van der Waals surface area (Å²) in [5.74, 6) is 0.211. The van der Waals surface area contributed by atoms with Crippen molar-refractivity contribution in [2.45, 2.75) is 38.7 Å². The van der Waals surface area contributed by atoms with Crippen molar-refractivity contribution in [1.82, 2.24) is 0 Å². The van der Waals surface area contributed by atoms with Crippen molar-refractivity contribution in [1.29, 1.82) is 5.41 Å². The lowest BCUT2D eigenvalue weighted by atomic mass is 10.1. The second kappa shape index (κ2) is 5.23. The molecule has 3 nitrogen and oxygen atoms in total. The van der Waals surface area contributed by atoms with Gasteiger partial charge in [0.2, 0.25) is 0 Å². The monoisotopic (exact) mass is 144 g/mol. The van der Waals surface area contributed by atoms with Crippen LogP contribution < -0.4 is 5.73 Å². The molecule has 0 bridgehead atoms. The molecule has 0 spiro atoms. The zero-order valence-corrected chi connectivity index (χ0v) is 6.43. The summed E-state index contributed by atoms with van der Waals surface area (Å²) in [5, 5.41) is 16.0. The van der Waals surface area contributed by atoms with Crippen LogP contribution in [-0.4, -0.2) is 17.0 Å². The van der Waals surface area contributed by atoms with Crippen LogP contribution >= 0.6 is 0 Å². The Morgan fingerprint density at radius 3 is 2.70 bits per heavy atom. The number of nitrogens with two attached hydrogens (primary N) is 1. The van der Waals surface area contributed by atoms with Crippen molar-refractivity contribution in [2.24, 2.45) is 5.73 Å². The average molecular weight is 144 g/mol. The van der Waals surface area contributed by atoms with Gasteiger partial charge in [-0.15, -0.1) is 0 Å². The van der Waals surface area contributed by atoms with Crippen molar-refractivity contribution in [2.75, 3.05) is 0 Å². The largest absolute Gasteiger partial charge is 0.393 e. The van der Waals surface area contributed by atoms with E-state index in [2.05, 4.69) is 0 Å². The lowest BCUT2D eigenvalue weighted by molar-refractivity contribution is 0.158. The van der Waals surface area contributed by atoms with E-state index < -0.39 is 0 Å². The first-order chi connectivity index (χ1) is 4.66. The van der Waals surface area contributed by atoms with Gasteiger partial charge in [-0.05, 0) is 19.3 Å². The predicted octanol–water partition coefficient (Wildman–Crippen LogP) is 0.864. The van der Waals surface area contributed by atoms with Gasteiger partial charge in [-0.25, -0.2) is 0 Å². The van der Waals surface area contributed by atoms with Crippen molar-refractivity contribution < 1.29 is 5.11 Å². The first-order valence-corrected chi connectivity index (χ1v) is 3.67. The predicted molar refractivity (Wildman–Crippen MR) is 42.1 cm³/mol. The summed E-state index contributed by atoms with van der Waals surface area (Å²) in [6.07, 6.45) is 2.77. The minimum atomic E-state index is -0.209. The average Bonchev–Trinajstić information content (AvgIpc) is 1.87. The van der Waals surface area contributed by atoms with E-state index in [4.69, 9.17) is 16.2 Å². The zero-order valence-electron chi connectivity index (χ0n) is 6.43. The number of hydrogen-bond acceptors (Lipinski definition) is 2. The molecule has 0 aliphatic rings. The van der Waals surface area contributed by atoms with E-state index in [1.54, 1.807) is 0 Å². The Labute approximate surface area is 61.7 Å². The summed E-state index contributed by atoms with van der Waals surface area (Å²) in [5.41, 5.74) is 5.12. The van der Waals surface area contributed by atoms with Crippen molar-refractivity contribution in [3.8, 4) is 0 Å². The molecule has 0 rings (SSSR count). The molecule has 0 aromatic heterocycles. The van der Waals surface area contributed by atoms with Crippen LogP contribution in [0.3, 0.4) is 0 Å². The molecular formula is C7H16N2O. The SMILES string of the molecule is CCC(O)CCCC(=N)N. The summed E-state index contributed by atoms with van der Waals surface area (Å²) in [7, 11) is 0. The van der Waals surface area contributed by atoms with Crippen LogP contribution in [0.2, 0.25) is 0 Å². The fourth-order valence-electron chi connectivity index (χ4n) is 0.732. The molecule has 10 heavy (non-hydrogen) atoms. The van der Waals surface area contributed by atoms with Gasteiger partial charge < -0.3 is 10.8 Å². The first-order valence-electron chi connectivity index (χ1n) is 3.67. The summed E-state index contributed by atoms with van der Waals surface area (Å²) >= 11 is 0. The van der Waals surface area contributed by atoms with Gasteiger partial charge >= 0.3 is 0 Å². The van der Waals surface area contributed by atoms with E-state index in [0.717, 1.165) is 19.3 Å². The van der Waals surface area contributed by atoms with Gasteiger partial charge in [-0.3, -0.25) is 5.41 Å². The molecule has 0 aliphatic carbocycles. The number of hydrogen-bond donors (Lipinski definition) is 3. The Kier molecular flexibility index (Phi) is 4.94. The van der Waals surface area contributed by atoms with E-state index in [0.29, 0.717) is 6.42 Å². The van der Waals surface area contributed by atoms with E-state index in [9.17, 15) is 0 Å². The van der Waals surface area contributed by atoms with Crippen LogP contribution in [0.4, 0.5) is 0 Å². The van der Waals surface area contributed by atoms with Crippen LogP contribution in [0.25, 0.3) is 0 Å². The second-order valence-electron chi connectivity index (χ2n) is 2.48. The molecule has 60 valence electrons. The quantitative estimate of drug-likeness (QED) is 0.395. The van der Waals surface area contributed by atoms with Crippen molar-refractivity contribution >= 4 is 5.84 Å². The van der Waals surface area contributed by atoms with Gasteiger partial charge in [-0.1, -0.05) is 6.92 Å². The molecule has 1 unspecified atom stereocenters. The Balaban J connectivity index is 3.11. The Hall–Kier alpha value is -0.570. The van der Waals surface area contributed by atoms with E-state index in [1.807, 2.05) is 6.92 Å². The second-order valence-corrected chi connectivity index (χ2v) is 2.48. The molecule has 0 saturated heterocycles.